The Bertz CT molecular complexity index is 389. The normalized spacial score (nSPS) is 14.4. The summed E-state index contributed by atoms with van der Waals surface area (Å²) in [7, 11) is 1.66. The molecule has 92 valence electrons. The molecule has 2 N–H and O–H groups in total. The van der Waals surface area contributed by atoms with Gasteiger partial charge in [0, 0.05) is 19.3 Å². The second-order valence-corrected chi connectivity index (χ2v) is 4.41. The first-order chi connectivity index (χ1) is 8.28. The average molecular weight is 234 g/mol. The van der Waals surface area contributed by atoms with Crippen LogP contribution in [0.4, 0.5) is 10.5 Å². The van der Waals surface area contributed by atoms with Gasteiger partial charge in [-0.2, -0.15) is 0 Å². The lowest BCUT2D eigenvalue weighted by molar-refractivity contribution is 0.185. The molecule has 1 saturated carbocycles. The van der Waals surface area contributed by atoms with Gasteiger partial charge in [0.15, 0.2) is 0 Å². The Morgan fingerprint density at radius 1 is 1.47 bits per heavy atom. The van der Waals surface area contributed by atoms with Crippen molar-refractivity contribution in [3.05, 3.63) is 29.8 Å². The van der Waals surface area contributed by atoms with Crippen molar-refractivity contribution in [3.8, 4) is 0 Å². The Balaban J connectivity index is 1.83. The van der Waals surface area contributed by atoms with Crippen LogP contribution in [-0.2, 0) is 11.3 Å². The van der Waals surface area contributed by atoms with Gasteiger partial charge in [-0.05, 0) is 36.5 Å². The molecule has 0 unspecified atom stereocenters. The summed E-state index contributed by atoms with van der Waals surface area (Å²) in [5.74, 6) is 0.695. The van der Waals surface area contributed by atoms with Crippen molar-refractivity contribution < 1.29 is 9.53 Å². The minimum atomic E-state index is -0.133. The van der Waals surface area contributed by atoms with Crippen molar-refractivity contribution in [1.29, 1.82) is 0 Å². The minimum Gasteiger partial charge on any atom is -0.380 e. The van der Waals surface area contributed by atoms with E-state index in [-0.39, 0.29) is 6.03 Å². The SMILES string of the molecule is COCc1cccc(NC(=O)NCC2CC2)c1. The molecule has 1 aliphatic rings. The predicted molar refractivity (Wildman–Crippen MR) is 66.9 cm³/mol. The van der Waals surface area contributed by atoms with E-state index < -0.39 is 0 Å². The number of amides is 2. The molecule has 0 atom stereocenters. The van der Waals surface area contributed by atoms with Gasteiger partial charge in [0.2, 0.25) is 0 Å². The molecule has 0 aliphatic heterocycles. The largest absolute Gasteiger partial charge is 0.380 e. The maximum Gasteiger partial charge on any atom is 0.319 e. The van der Waals surface area contributed by atoms with E-state index in [1.165, 1.54) is 12.8 Å². The van der Waals surface area contributed by atoms with Crippen molar-refractivity contribution in [3.63, 3.8) is 0 Å². The molecular weight excluding hydrogens is 216 g/mol. The second kappa shape index (κ2) is 5.68. The maximum absolute atomic E-state index is 11.6. The number of carbonyl (C=O) groups is 1. The Kier molecular flexibility index (Phi) is 3.98. The first-order valence-electron chi connectivity index (χ1n) is 5.90. The van der Waals surface area contributed by atoms with E-state index >= 15 is 0 Å². The number of benzene rings is 1. The highest BCUT2D eigenvalue weighted by Crippen LogP contribution is 2.27. The summed E-state index contributed by atoms with van der Waals surface area (Å²) in [5, 5.41) is 5.68. The number of methoxy groups -OCH3 is 1. The fourth-order valence-corrected chi connectivity index (χ4v) is 1.64. The van der Waals surface area contributed by atoms with Crippen LogP contribution in [0.2, 0.25) is 0 Å². The zero-order valence-corrected chi connectivity index (χ0v) is 10.0. The van der Waals surface area contributed by atoms with E-state index in [9.17, 15) is 4.79 Å². The van der Waals surface area contributed by atoms with E-state index in [1.54, 1.807) is 7.11 Å². The highest BCUT2D eigenvalue weighted by molar-refractivity contribution is 5.89. The minimum absolute atomic E-state index is 0.133. The molecule has 17 heavy (non-hydrogen) atoms. The van der Waals surface area contributed by atoms with Gasteiger partial charge in [0.05, 0.1) is 6.61 Å². The third-order valence-electron chi connectivity index (χ3n) is 2.74. The Labute approximate surface area is 101 Å². The first kappa shape index (κ1) is 11.9. The molecule has 2 rings (SSSR count). The summed E-state index contributed by atoms with van der Waals surface area (Å²) < 4.78 is 5.05. The molecule has 4 nitrogen and oxygen atoms in total. The molecule has 0 spiro atoms. The van der Waals surface area contributed by atoms with Gasteiger partial charge in [-0.1, -0.05) is 12.1 Å². The third-order valence-corrected chi connectivity index (χ3v) is 2.74. The van der Waals surface area contributed by atoms with Crippen molar-refractivity contribution in [2.45, 2.75) is 19.4 Å². The van der Waals surface area contributed by atoms with E-state index in [0.717, 1.165) is 17.8 Å². The molecule has 4 heteroatoms. The fraction of sp³-hybridized carbons (Fsp3) is 0.462. The number of anilines is 1. The molecule has 0 aromatic heterocycles. The average Bonchev–Trinajstić information content (AvgIpc) is 3.11. The van der Waals surface area contributed by atoms with Crippen LogP contribution in [-0.4, -0.2) is 19.7 Å². The first-order valence-corrected chi connectivity index (χ1v) is 5.90. The van der Waals surface area contributed by atoms with Crippen LogP contribution >= 0.6 is 0 Å². The third kappa shape index (κ3) is 4.07. The van der Waals surface area contributed by atoms with E-state index in [0.29, 0.717) is 12.5 Å². The molecular formula is C13H18N2O2. The number of rotatable bonds is 5. The number of hydrogen-bond donors (Lipinski definition) is 2. The quantitative estimate of drug-likeness (QED) is 0.821. The Morgan fingerprint density at radius 2 is 2.29 bits per heavy atom. The smallest absolute Gasteiger partial charge is 0.319 e. The lowest BCUT2D eigenvalue weighted by Gasteiger charge is -2.08. The van der Waals surface area contributed by atoms with Crippen molar-refractivity contribution in [2.24, 2.45) is 5.92 Å². The second-order valence-electron chi connectivity index (χ2n) is 4.41. The summed E-state index contributed by atoms with van der Waals surface area (Å²) in [6.07, 6.45) is 2.48. The van der Waals surface area contributed by atoms with Crippen LogP contribution < -0.4 is 10.6 Å². The van der Waals surface area contributed by atoms with Gasteiger partial charge in [0.1, 0.15) is 0 Å². The predicted octanol–water partition coefficient (Wildman–Crippen LogP) is 2.36. The molecule has 0 heterocycles. The lowest BCUT2D eigenvalue weighted by Crippen LogP contribution is -2.30. The maximum atomic E-state index is 11.6. The van der Waals surface area contributed by atoms with Gasteiger partial charge >= 0.3 is 6.03 Å². The lowest BCUT2D eigenvalue weighted by atomic mass is 10.2. The number of ether oxygens (including phenoxy) is 1. The van der Waals surface area contributed by atoms with Gasteiger partial charge < -0.3 is 15.4 Å². The Hall–Kier alpha value is -1.55. The highest BCUT2D eigenvalue weighted by atomic mass is 16.5. The fourth-order valence-electron chi connectivity index (χ4n) is 1.64. The molecule has 1 fully saturated rings. The van der Waals surface area contributed by atoms with Crippen molar-refractivity contribution in [1.82, 2.24) is 5.32 Å². The number of nitrogens with one attached hydrogen (secondary N) is 2. The highest BCUT2D eigenvalue weighted by Gasteiger charge is 2.21. The van der Waals surface area contributed by atoms with Crippen LogP contribution in [0.15, 0.2) is 24.3 Å². The zero-order valence-electron chi connectivity index (χ0n) is 10.0. The summed E-state index contributed by atoms with van der Waals surface area (Å²) in [6.45, 7) is 1.34. The van der Waals surface area contributed by atoms with Gasteiger partial charge in [-0.25, -0.2) is 4.79 Å². The van der Waals surface area contributed by atoms with E-state index in [1.807, 2.05) is 24.3 Å². The number of urea groups is 1. The standard InChI is InChI=1S/C13H18N2O2/c1-17-9-11-3-2-4-12(7-11)15-13(16)14-8-10-5-6-10/h2-4,7,10H,5-6,8-9H2,1H3,(H2,14,15,16). The van der Waals surface area contributed by atoms with Gasteiger partial charge in [-0.3, -0.25) is 0 Å². The van der Waals surface area contributed by atoms with Crippen LogP contribution in [0.25, 0.3) is 0 Å². The molecule has 0 radical (unpaired) electrons. The molecule has 0 saturated heterocycles. The zero-order chi connectivity index (χ0) is 12.1. The van der Waals surface area contributed by atoms with Crippen LogP contribution in [0.3, 0.4) is 0 Å². The molecule has 1 aliphatic carbocycles. The van der Waals surface area contributed by atoms with Crippen molar-refractivity contribution >= 4 is 11.7 Å². The summed E-state index contributed by atoms with van der Waals surface area (Å²) >= 11 is 0. The number of carbonyl (C=O) groups excluding carboxylic acids is 1. The van der Waals surface area contributed by atoms with Crippen LogP contribution in [0.1, 0.15) is 18.4 Å². The van der Waals surface area contributed by atoms with Gasteiger partial charge in [-0.15, -0.1) is 0 Å². The van der Waals surface area contributed by atoms with E-state index in [2.05, 4.69) is 10.6 Å². The molecule has 0 bridgehead atoms. The monoisotopic (exact) mass is 234 g/mol. The molecule has 2 amide bonds. The summed E-state index contributed by atoms with van der Waals surface area (Å²) in [6, 6.07) is 7.53. The van der Waals surface area contributed by atoms with Crippen LogP contribution in [0, 0.1) is 5.92 Å². The number of hydrogen-bond acceptors (Lipinski definition) is 2. The van der Waals surface area contributed by atoms with Crippen molar-refractivity contribution in [2.75, 3.05) is 19.0 Å². The van der Waals surface area contributed by atoms with Crippen LogP contribution in [0.5, 0.6) is 0 Å². The summed E-state index contributed by atoms with van der Waals surface area (Å²) in [4.78, 5) is 11.6. The Morgan fingerprint density at radius 3 is 3.00 bits per heavy atom. The topological polar surface area (TPSA) is 50.4 Å². The van der Waals surface area contributed by atoms with Gasteiger partial charge in [0.25, 0.3) is 0 Å². The molecule has 1 aromatic carbocycles. The molecule has 1 aromatic rings. The van der Waals surface area contributed by atoms with E-state index in [4.69, 9.17) is 4.74 Å². The summed E-state index contributed by atoms with van der Waals surface area (Å²) in [5.41, 5.74) is 1.85.